The summed E-state index contributed by atoms with van der Waals surface area (Å²) in [4.78, 5) is 12.8. The van der Waals surface area contributed by atoms with Crippen LogP contribution in [0.3, 0.4) is 0 Å². The molecule has 2 aromatic carbocycles. The van der Waals surface area contributed by atoms with E-state index in [1.165, 1.54) is 0 Å². The molecule has 0 saturated carbocycles. The van der Waals surface area contributed by atoms with Crippen LogP contribution < -0.4 is 19.5 Å². The zero-order chi connectivity index (χ0) is 18.8. The molecule has 2 aromatic rings. The van der Waals surface area contributed by atoms with Crippen LogP contribution in [0.4, 0.5) is 0 Å². The lowest BCUT2D eigenvalue weighted by Crippen LogP contribution is -2.27. The van der Waals surface area contributed by atoms with Gasteiger partial charge in [0.05, 0.1) is 19.6 Å². The molecule has 4 rings (SSSR count). The van der Waals surface area contributed by atoms with Crippen LogP contribution in [-0.2, 0) is 9.53 Å². The third kappa shape index (κ3) is 3.32. The monoisotopic (exact) mass is 369 g/mol. The maximum Gasteiger partial charge on any atom is 0.311 e. The average molecular weight is 369 g/mol. The fourth-order valence-corrected chi connectivity index (χ4v) is 3.88. The number of ether oxygens (including phenoxy) is 4. The van der Waals surface area contributed by atoms with E-state index in [1.54, 1.807) is 7.11 Å². The normalized spacial score (nSPS) is 23.3. The molecule has 1 fully saturated rings. The number of carbonyl (C=O) groups excluding carboxylic acids is 1. The summed E-state index contributed by atoms with van der Waals surface area (Å²) in [6.45, 7) is 3.11. The van der Waals surface area contributed by atoms with E-state index >= 15 is 0 Å². The first kappa shape index (κ1) is 17.7. The van der Waals surface area contributed by atoms with E-state index in [1.807, 2.05) is 49.4 Å². The summed E-state index contributed by atoms with van der Waals surface area (Å²) in [5.41, 5.74) is 2.08. The number of methoxy groups -OCH3 is 1. The lowest BCUT2D eigenvalue weighted by atomic mass is 9.83. The molecule has 6 heteroatoms. The van der Waals surface area contributed by atoms with Gasteiger partial charge < -0.3 is 24.3 Å². The van der Waals surface area contributed by atoms with Crippen molar-refractivity contribution in [1.29, 1.82) is 0 Å². The van der Waals surface area contributed by atoms with Crippen LogP contribution in [0.25, 0.3) is 0 Å². The van der Waals surface area contributed by atoms with Crippen molar-refractivity contribution in [1.82, 2.24) is 5.32 Å². The molecule has 2 aliphatic heterocycles. The highest BCUT2D eigenvalue weighted by molar-refractivity contribution is 5.76. The number of esters is 1. The summed E-state index contributed by atoms with van der Waals surface area (Å²) >= 11 is 0. The van der Waals surface area contributed by atoms with E-state index in [2.05, 4.69) is 5.32 Å². The van der Waals surface area contributed by atoms with E-state index in [0.29, 0.717) is 13.2 Å². The zero-order valence-corrected chi connectivity index (χ0v) is 15.4. The summed E-state index contributed by atoms with van der Waals surface area (Å²) in [6, 6.07) is 13.6. The lowest BCUT2D eigenvalue weighted by molar-refractivity contribution is -0.148. The van der Waals surface area contributed by atoms with Crippen molar-refractivity contribution >= 4 is 5.97 Å². The first-order valence-corrected chi connectivity index (χ1v) is 9.14. The van der Waals surface area contributed by atoms with Gasteiger partial charge in [-0.25, -0.2) is 0 Å². The Labute approximate surface area is 158 Å². The Morgan fingerprint density at radius 2 is 1.85 bits per heavy atom. The van der Waals surface area contributed by atoms with Crippen LogP contribution in [-0.4, -0.2) is 33.0 Å². The number of rotatable bonds is 5. The Hall–Kier alpha value is -2.73. The molecule has 0 unspecified atom stereocenters. The van der Waals surface area contributed by atoms with Crippen LogP contribution >= 0.6 is 0 Å². The molecule has 0 radical (unpaired) electrons. The summed E-state index contributed by atoms with van der Waals surface area (Å²) in [7, 11) is 1.64. The van der Waals surface area contributed by atoms with Crippen molar-refractivity contribution < 1.29 is 23.7 Å². The smallest absolute Gasteiger partial charge is 0.311 e. The van der Waals surface area contributed by atoms with Gasteiger partial charge in [0, 0.05) is 18.5 Å². The Morgan fingerprint density at radius 1 is 1.11 bits per heavy atom. The van der Waals surface area contributed by atoms with Gasteiger partial charge in [0.25, 0.3) is 0 Å². The molecule has 1 saturated heterocycles. The molecule has 0 amide bonds. The SMILES string of the molecule is CCOC(=O)[C@H]1[C@@H](c2ccc3c(c2)OCO3)CN[C@@H]1c1ccc(OC)cc1. The number of hydrogen-bond donors (Lipinski definition) is 1. The number of carbonyl (C=O) groups is 1. The molecular weight excluding hydrogens is 346 g/mol. The Bertz CT molecular complexity index is 820. The minimum atomic E-state index is -0.321. The third-order valence-electron chi connectivity index (χ3n) is 5.21. The van der Waals surface area contributed by atoms with Gasteiger partial charge in [-0.05, 0) is 42.3 Å². The topological polar surface area (TPSA) is 66.0 Å². The predicted molar refractivity (Wildman–Crippen MR) is 99.2 cm³/mol. The second-order valence-corrected chi connectivity index (χ2v) is 6.66. The maximum absolute atomic E-state index is 12.8. The minimum absolute atomic E-state index is 0.00866. The molecule has 2 heterocycles. The highest BCUT2D eigenvalue weighted by Crippen LogP contribution is 2.43. The second kappa shape index (κ2) is 7.48. The van der Waals surface area contributed by atoms with Gasteiger partial charge in [0.15, 0.2) is 11.5 Å². The van der Waals surface area contributed by atoms with Gasteiger partial charge in [0.1, 0.15) is 5.75 Å². The van der Waals surface area contributed by atoms with E-state index in [-0.39, 0.29) is 30.6 Å². The molecule has 0 aliphatic carbocycles. The van der Waals surface area contributed by atoms with Crippen molar-refractivity contribution in [3.05, 3.63) is 53.6 Å². The summed E-state index contributed by atoms with van der Waals surface area (Å²) < 4.78 is 21.6. The first-order chi connectivity index (χ1) is 13.2. The van der Waals surface area contributed by atoms with Crippen LogP contribution in [0.15, 0.2) is 42.5 Å². The molecule has 1 N–H and O–H groups in total. The van der Waals surface area contributed by atoms with E-state index in [0.717, 1.165) is 28.4 Å². The highest BCUT2D eigenvalue weighted by Gasteiger charge is 2.43. The highest BCUT2D eigenvalue weighted by atomic mass is 16.7. The van der Waals surface area contributed by atoms with E-state index in [9.17, 15) is 4.79 Å². The van der Waals surface area contributed by atoms with Crippen LogP contribution in [0.1, 0.15) is 30.0 Å². The Balaban J connectivity index is 1.66. The van der Waals surface area contributed by atoms with Gasteiger partial charge in [0.2, 0.25) is 6.79 Å². The van der Waals surface area contributed by atoms with E-state index in [4.69, 9.17) is 18.9 Å². The minimum Gasteiger partial charge on any atom is -0.497 e. The van der Waals surface area contributed by atoms with Crippen LogP contribution in [0.5, 0.6) is 17.2 Å². The summed E-state index contributed by atoms with van der Waals surface area (Å²) in [5, 5.41) is 3.50. The molecule has 6 nitrogen and oxygen atoms in total. The maximum atomic E-state index is 12.8. The standard InChI is InChI=1S/C21H23NO5/c1-3-25-21(23)19-16(14-6-9-17-18(10-14)27-12-26-17)11-22-20(19)13-4-7-15(24-2)8-5-13/h4-10,16,19-20,22H,3,11-12H2,1-2H3/t16-,19+,20-/m1/s1. The number of nitrogens with one attached hydrogen (secondary N) is 1. The van der Waals surface area contributed by atoms with Gasteiger partial charge >= 0.3 is 5.97 Å². The second-order valence-electron chi connectivity index (χ2n) is 6.66. The van der Waals surface area contributed by atoms with Crippen LogP contribution in [0, 0.1) is 5.92 Å². The molecular formula is C21H23NO5. The van der Waals surface area contributed by atoms with Gasteiger partial charge in [-0.3, -0.25) is 4.79 Å². The molecule has 0 spiro atoms. The summed E-state index contributed by atoms with van der Waals surface area (Å²) in [5.74, 6) is 1.74. The fraction of sp³-hybridized carbons (Fsp3) is 0.381. The third-order valence-corrected chi connectivity index (χ3v) is 5.21. The molecule has 0 aromatic heterocycles. The molecule has 0 bridgehead atoms. The fourth-order valence-electron chi connectivity index (χ4n) is 3.88. The molecule has 3 atom stereocenters. The molecule has 27 heavy (non-hydrogen) atoms. The zero-order valence-electron chi connectivity index (χ0n) is 15.4. The average Bonchev–Trinajstić information content (AvgIpc) is 3.34. The number of fused-ring (bicyclic) bond motifs is 1. The van der Waals surface area contributed by atoms with Crippen molar-refractivity contribution in [2.24, 2.45) is 5.92 Å². The number of benzene rings is 2. The van der Waals surface area contributed by atoms with Crippen LogP contribution in [0.2, 0.25) is 0 Å². The van der Waals surface area contributed by atoms with Crippen molar-refractivity contribution in [3.63, 3.8) is 0 Å². The quantitative estimate of drug-likeness (QED) is 0.818. The van der Waals surface area contributed by atoms with Crippen molar-refractivity contribution in [2.45, 2.75) is 18.9 Å². The Kier molecular flexibility index (Phi) is 4.90. The Morgan fingerprint density at radius 3 is 2.59 bits per heavy atom. The summed E-state index contributed by atoms with van der Waals surface area (Å²) in [6.07, 6.45) is 0. The predicted octanol–water partition coefficient (Wildman–Crippen LogP) is 3.03. The van der Waals surface area contributed by atoms with Gasteiger partial charge in [-0.1, -0.05) is 18.2 Å². The molecule has 2 aliphatic rings. The van der Waals surface area contributed by atoms with Crippen molar-refractivity contribution in [2.75, 3.05) is 27.1 Å². The first-order valence-electron chi connectivity index (χ1n) is 9.14. The van der Waals surface area contributed by atoms with E-state index < -0.39 is 0 Å². The lowest BCUT2D eigenvalue weighted by Gasteiger charge is -2.23. The van der Waals surface area contributed by atoms with Gasteiger partial charge in [-0.2, -0.15) is 0 Å². The largest absolute Gasteiger partial charge is 0.497 e. The van der Waals surface area contributed by atoms with Gasteiger partial charge in [-0.15, -0.1) is 0 Å². The molecule has 142 valence electrons. The number of hydrogen-bond acceptors (Lipinski definition) is 6. The van der Waals surface area contributed by atoms with Crippen molar-refractivity contribution in [3.8, 4) is 17.2 Å².